The highest BCUT2D eigenvalue weighted by Gasteiger charge is 2.29. The number of thiazole rings is 1. The number of amides is 1. The van der Waals surface area contributed by atoms with Gasteiger partial charge in [-0.3, -0.25) is 4.79 Å². The van der Waals surface area contributed by atoms with E-state index in [1.54, 1.807) is 18.2 Å². The van der Waals surface area contributed by atoms with E-state index in [4.69, 9.17) is 9.47 Å². The zero-order valence-corrected chi connectivity index (χ0v) is 19.7. The maximum atomic E-state index is 13.4. The highest BCUT2D eigenvalue weighted by atomic mass is 32.1. The molecule has 3 heterocycles. The lowest BCUT2D eigenvalue weighted by molar-refractivity contribution is -0.119. The van der Waals surface area contributed by atoms with Crippen molar-refractivity contribution < 1.29 is 28.9 Å². The molecule has 0 spiro atoms. The molecule has 4 aromatic rings. The molecular formula is C24H20N4O7S. The number of aromatic hydroxyl groups is 1. The standard InChI is InChI=1S/C24H20N4O7S/c1-33-22(31)15-11-36-23(25-15)27-20(29)16(9-13-5-3-2-4-6-13)28-21(30)19(26-24(28)32)14-7-8-17-18(10-14)35-12-34-17/h2-8,10-11,16,30H,9,12H2,1H3,(H,26,32)(H,25,27,29)/t16-/m0/s1. The Bertz CT molecular complexity index is 1490. The molecule has 0 aliphatic carbocycles. The van der Waals surface area contributed by atoms with Crippen LogP contribution in [-0.4, -0.2) is 45.4 Å². The maximum absolute atomic E-state index is 13.4. The van der Waals surface area contributed by atoms with Crippen molar-refractivity contribution in [2.45, 2.75) is 12.5 Å². The van der Waals surface area contributed by atoms with Crippen LogP contribution in [-0.2, 0) is 16.0 Å². The van der Waals surface area contributed by atoms with Crippen molar-refractivity contribution in [3.05, 3.63) is 75.7 Å². The summed E-state index contributed by atoms with van der Waals surface area (Å²) in [6.07, 6.45) is 0.105. The van der Waals surface area contributed by atoms with Gasteiger partial charge < -0.3 is 29.6 Å². The van der Waals surface area contributed by atoms with E-state index in [1.807, 2.05) is 30.3 Å². The van der Waals surface area contributed by atoms with Gasteiger partial charge in [-0.2, -0.15) is 0 Å². The Balaban J connectivity index is 1.51. The Hall–Kier alpha value is -4.58. The summed E-state index contributed by atoms with van der Waals surface area (Å²) in [7, 11) is 1.23. The third-order valence-electron chi connectivity index (χ3n) is 5.58. The molecular weight excluding hydrogens is 488 g/mol. The minimum absolute atomic E-state index is 0.0455. The zero-order chi connectivity index (χ0) is 25.2. The van der Waals surface area contributed by atoms with E-state index in [-0.39, 0.29) is 29.7 Å². The molecule has 1 aliphatic heterocycles. The topological polar surface area (TPSA) is 145 Å². The van der Waals surface area contributed by atoms with Crippen molar-refractivity contribution in [1.82, 2.24) is 14.5 Å². The molecule has 1 amide bonds. The van der Waals surface area contributed by atoms with Crippen molar-refractivity contribution >= 4 is 28.3 Å². The van der Waals surface area contributed by atoms with Crippen LogP contribution in [0.2, 0.25) is 0 Å². The van der Waals surface area contributed by atoms with Crippen molar-refractivity contribution in [3.8, 4) is 28.6 Å². The number of hydrogen-bond donors (Lipinski definition) is 3. The number of methoxy groups -OCH3 is 1. The monoisotopic (exact) mass is 508 g/mol. The van der Waals surface area contributed by atoms with E-state index in [0.717, 1.165) is 21.5 Å². The number of nitrogens with one attached hydrogen (secondary N) is 2. The first-order valence-corrected chi connectivity index (χ1v) is 11.6. The largest absolute Gasteiger partial charge is 0.493 e. The number of aromatic amines is 1. The number of esters is 1. The second-order valence-corrected chi connectivity index (χ2v) is 8.65. The predicted octanol–water partition coefficient (Wildman–Crippen LogP) is 2.94. The average molecular weight is 509 g/mol. The number of anilines is 1. The molecule has 0 unspecified atom stereocenters. The lowest BCUT2D eigenvalue weighted by Gasteiger charge is -2.18. The van der Waals surface area contributed by atoms with Crippen LogP contribution in [0.1, 0.15) is 22.1 Å². The SMILES string of the molecule is COC(=O)c1csc(NC(=O)[C@H](Cc2ccccc2)n2c(O)c(-c3ccc4c(c3)OCO4)[nH]c2=O)n1. The van der Waals surface area contributed by atoms with Crippen LogP contribution < -0.4 is 20.5 Å². The molecule has 3 N–H and O–H groups in total. The zero-order valence-electron chi connectivity index (χ0n) is 18.9. The second-order valence-electron chi connectivity index (χ2n) is 7.79. The molecule has 0 saturated carbocycles. The Labute approximate surface area is 207 Å². The third kappa shape index (κ3) is 4.41. The molecule has 1 aliphatic rings. The maximum Gasteiger partial charge on any atom is 0.357 e. The highest BCUT2D eigenvalue weighted by Crippen LogP contribution is 2.38. The van der Waals surface area contributed by atoms with Gasteiger partial charge in [0, 0.05) is 17.4 Å². The number of carbonyl (C=O) groups excluding carboxylic acids is 2. The third-order valence-corrected chi connectivity index (χ3v) is 6.34. The van der Waals surface area contributed by atoms with Gasteiger partial charge in [0.1, 0.15) is 11.7 Å². The fourth-order valence-corrected chi connectivity index (χ4v) is 4.52. The number of nitrogens with zero attached hydrogens (tertiary/aromatic N) is 2. The average Bonchev–Trinajstić information content (AvgIpc) is 3.61. The van der Waals surface area contributed by atoms with Crippen molar-refractivity contribution in [3.63, 3.8) is 0 Å². The van der Waals surface area contributed by atoms with E-state index in [0.29, 0.717) is 17.1 Å². The van der Waals surface area contributed by atoms with Crippen LogP contribution >= 0.6 is 11.3 Å². The second kappa shape index (κ2) is 9.58. The van der Waals surface area contributed by atoms with Gasteiger partial charge in [-0.1, -0.05) is 30.3 Å². The minimum Gasteiger partial charge on any atom is -0.493 e. The van der Waals surface area contributed by atoms with Gasteiger partial charge in [0.25, 0.3) is 0 Å². The van der Waals surface area contributed by atoms with Crippen molar-refractivity contribution in [1.29, 1.82) is 0 Å². The number of rotatable bonds is 7. The first-order chi connectivity index (χ1) is 17.4. The number of ether oxygens (including phenoxy) is 3. The Kier molecular flexibility index (Phi) is 6.17. The minimum atomic E-state index is -1.13. The molecule has 184 valence electrons. The van der Waals surface area contributed by atoms with Crippen LogP contribution in [0.15, 0.2) is 58.7 Å². The van der Waals surface area contributed by atoms with Crippen LogP contribution in [0.3, 0.4) is 0 Å². The molecule has 0 fully saturated rings. The number of fused-ring (bicyclic) bond motifs is 1. The van der Waals surface area contributed by atoms with E-state index in [2.05, 4.69) is 20.0 Å². The number of aromatic nitrogens is 3. The number of imidazole rings is 1. The normalized spacial score (nSPS) is 12.8. The summed E-state index contributed by atoms with van der Waals surface area (Å²) < 4.78 is 16.4. The lowest BCUT2D eigenvalue weighted by Crippen LogP contribution is -2.33. The summed E-state index contributed by atoms with van der Waals surface area (Å²) in [6, 6.07) is 12.9. The van der Waals surface area contributed by atoms with Crippen molar-refractivity contribution in [2.75, 3.05) is 19.2 Å². The van der Waals surface area contributed by atoms with Gasteiger partial charge in [-0.25, -0.2) is 19.1 Å². The van der Waals surface area contributed by atoms with Gasteiger partial charge >= 0.3 is 11.7 Å². The summed E-state index contributed by atoms with van der Waals surface area (Å²) in [5, 5.41) is 15.3. The fraction of sp³-hybridized carbons (Fsp3) is 0.167. The Morgan fingerprint density at radius 3 is 2.78 bits per heavy atom. The first-order valence-electron chi connectivity index (χ1n) is 10.8. The van der Waals surface area contributed by atoms with Gasteiger partial charge in [0.15, 0.2) is 22.3 Å². The molecule has 0 radical (unpaired) electrons. The molecule has 5 rings (SSSR count). The van der Waals surface area contributed by atoms with Crippen LogP contribution in [0, 0.1) is 0 Å². The molecule has 36 heavy (non-hydrogen) atoms. The van der Waals surface area contributed by atoms with Crippen LogP contribution in [0.25, 0.3) is 11.3 Å². The lowest BCUT2D eigenvalue weighted by atomic mass is 10.0. The van der Waals surface area contributed by atoms with E-state index < -0.39 is 29.5 Å². The quantitative estimate of drug-likeness (QED) is 0.323. The molecule has 12 heteroatoms. The van der Waals surface area contributed by atoms with E-state index in [9.17, 15) is 19.5 Å². The van der Waals surface area contributed by atoms with Crippen molar-refractivity contribution in [2.24, 2.45) is 0 Å². The molecule has 2 aromatic heterocycles. The molecule has 0 bridgehead atoms. The molecule has 11 nitrogen and oxygen atoms in total. The Morgan fingerprint density at radius 2 is 2.00 bits per heavy atom. The molecule has 1 atom stereocenters. The number of carbonyl (C=O) groups is 2. The predicted molar refractivity (Wildman–Crippen MR) is 130 cm³/mol. The van der Waals surface area contributed by atoms with Gasteiger partial charge in [-0.15, -0.1) is 11.3 Å². The summed E-state index contributed by atoms with van der Waals surface area (Å²) in [4.78, 5) is 44.8. The summed E-state index contributed by atoms with van der Waals surface area (Å²) >= 11 is 1.03. The fourth-order valence-electron chi connectivity index (χ4n) is 3.84. The molecule has 0 saturated heterocycles. The van der Waals surface area contributed by atoms with Gasteiger partial charge in [0.2, 0.25) is 18.6 Å². The first kappa shape index (κ1) is 23.2. The number of hydrogen-bond acceptors (Lipinski definition) is 9. The summed E-state index contributed by atoms with van der Waals surface area (Å²) in [6.45, 7) is 0.0794. The van der Waals surface area contributed by atoms with Gasteiger partial charge in [0.05, 0.1) is 7.11 Å². The van der Waals surface area contributed by atoms with Gasteiger partial charge in [-0.05, 0) is 23.8 Å². The van der Waals surface area contributed by atoms with Crippen LogP contribution in [0.4, 0.5) is 5.13 Å². The van der Waals surface area contributed by atoms with E-state index >= 15 is 0 Å². The summed E-state index contributed by atoms with van der Waals surface area (Å²) in [5.74, 6) is -0.622. The Morgan fingerprint density at radius 1 is 1.22 bits per heavy atom. The highest BCUT2D eigenvalue weighted by molar-refractivity contribution is 7.14. The smallest absolute Gasteiger partial charge is 0.357 e. The number of H-pyrrole nitrogens is 1. The number of benzene rings is 2. The molecule has 2 aromatic carbocycles. The van der Waals surface area contributed by atoms with Crippen LogP contribution in [0.5, 0.6) is 17.4 Å². The summed E-state index contributed by atoms with van der Waals surface area (Å²) in [5.41, 5.74) is 0.750. The van der Waals surface area contributed by atoms with E-state index in [1.165, 1.54) is 12.5 Å².